The molecule has 1 aromatic heterocycles. The van der Waals surface area contributed by atoms with Crippen LogP contribution >= 0.6 is 0 Å². The molecule has 0 amide bonds. The summed E-state index contributed by atoms with van der Waals surface area (Å²) in [6, 6.07) is 3.47. The summed E-state index contributed by atoms with van der Waals surface area (Å²) in [5.41, 5.74) is -1.92. The van der Waals surface area contributed by atoms with Crippen LogP contribution < -0.4 is 5.56 Å². The van der Waals surface area contributed by atoms with Crippen molar-refractivity contribution in [3.05, 3.63) is 98.0 Å². The number of nitrogens with one attached hydrogen (secondary N) is 1. The molecule has 3 aromatic rings. The Morgan fingerprint density at radius 3 is 2.38 bits per heavy atom. The molecule has 1 heterocycles. The molecule has 2 aromatic carbocycles. The average molecular weight is 522 g/mol. The van der Waals surface area contributed by atoms with E-state index in [-0.39, 0.29) is 51.0 Å². The van der Waals surface area contributed by atoms with E-state index in [0.29, 0.717) is 23.1 Å². The SMILES string of the molecule is C=C1c2c(O)c3c(c(O)c2C(=O)C12CCc1cc4cc(/C=C/C=C/C)[nH]c(=O)c4c(O)c12)C(=O)C=C(C)C3=O. The number of aryl methyl sites for hydroxylation is 1. The molecule has 3 aliphatic carbocycles. The number of ketones is 3. The largest absolute Gasteiger partial charge is 0.507 e. The fourth-order valence-electron chi connectivity index (χ4n) is 6.30. The van der Waals surface area contributed by atoms with E-state index in [1.54, 1.807) is 24.3 Å². The van der Waals surface area contributed by atoms with Gasteiger partial charge >= 0.3 is 0 Å². The minimum Gasteiger partial charge on any atom is -0.507 e. The van der Waals surface area contributed by atoms with Crippen molar-refractivity contribution in [2.45, 2.75) is 32.1 Å². The van der Waals surface area contributed by atoms with Crippen LogP contribution in [0.4, 0.5) is 0 Å². The zero-order valence-corrected chi connectivity index (χ0v) is 21.1. The lowest BCUT2D eigenvalue weighted by molar-refractivity contribution is 0.0927. The van der Waals surface area contributed by atoms with E-state index in [2.05, 4.69) is 11.6 Å². The van der Waals surface area contributed by atoms with E-state index in [9.17, 15) is 34.5 Å². The van der Waals surface area contributed by atoms with Gasteiger partial charge in [0.25, 0.3) is 5.56 Å². The van der Waals surface area contributed by atoms with Gasteiger partial charge in [-0.25, -0.2) is 0 Å². The number of aromatic hydroxyl groups is 3. The van der Waals surface area contributed by atoms with E-state index < -0.39 is 45.4 Å². The summed E-state index contributed by atoms with van der Waals surface area (Å²) in [6.45, 7) is 7.36. The summed E-state index contributed by atoms with van der Waals surface area (Å²) >= 11 is 0. The highest BCUT2D eigenvalue weighted by Crippen LogP contribution is 2.62. The third kappa shape index (κ3) is 2.94. The molecule has 0 radical (unpaired) electrons. The third-order valence-corrected chi connectivity index (χ3v) is 8.04. The molecule has 8 nitrogen and oxygen atoms in total. The molecule has 0 aliphatic heterocycles. The minimum absolute atomic E-state index is 0.00677. The summed E-state index contributed by atoms with van der Waals surface area (Å²) in [5.74, 6) is -3.72. The number of hydrogen-bond acceptors (Lipinski definition) is 7. The lowest BCUT2D eigenvalue weighted by Crippen LogP contribution is -2.30. The predicted octanol–water partition coefficient (Wildman–Crippen LogP) is 4.65. The predicted molar refractivity (Wildman–Crippen MR) is 146 cm³/mol. The van der Waals surface area contributed by atoms with Crippen molar-refractivity contribution in [1.82, 2.24) is 4.98 Å². The molecule has 6 rings (SSSR count). The smallest absolute Gasteiger partial charge is 0.260 e. The number of aromatic amines is 1. The topological polar surface area (TPSA) is 145 Å². The van der Waals surface area contributed by atoms with Crippen molar-refractivity contribution in [1.29, 1.82) is 0 Å². The molecule has 1 unspecified atom stereocenters. The van der Waals surface area contributed by atoms with Gasteiger partial charge in [0.1, 0.15) is 17.2 Å². The number of phenolic OH excluding ortho intramolecular Hbond substituents is 3. The van der Waals surface area contributed by atoms with Crippen molar-refractivity contribution in [3.63, 3.8) is 0 Å². The fourth-order valence-corrected chi connectivity index (χ4v) is 6.30. The van der Waals surface area contributed by atoms with Crippen molar-refractivity contribution in [3.8, 4) is 17.2 Å². The zero-order valence-electron chi connectivity index (χ0n) is 21.1. The maximum atomic E-state index is 14.1. The molecule has 1 spiro atoms. The van der Waals surface area contributed by atoms with Crippen LogP contribution in [0.25, 0.3) is 22.4 Å². The Labute approximate surface area is 221 Å². The fraction of sp³-hybridized carbons (Fsp3) is 0.161. The number of H-pyrrole nitrogens is 1. The van der Waals surface area contributed by atoms with Crippen LogP contribution in [0.15, 0.2) is 53.4 Å². The number of phenols is 3. The second kappa shape index (κ2) is 8.01. The molecule has 3 aliphatic rings. The van der Waals surface area contributed by atoms with Crippen LogP contribution in [0.1, 0.15) is 73.7 Å². The summed E-state index contributed by atoms with van der Waals surface area (Å²) in [4.78, 5) is 55.6. The molecule has 194 valence electrons. The molecule has 0 fully saturated rings. The quantitative estimate of drug-likeness (QED) is 0.284. The van der Waals surface area contributed by atoms with Gasteiger partial charge in [-0.1, -0.05) is 30.9 Å². The maximum absolute atomic E-state index is 14.1. The Balaban J connectivity index is 1.60. The van der Waals surface area contributed by atoms with Crippen LogP contribution in [0, 0.1) is 0 Å². The van der Waals surface area contributed by atoms with E-state index in [1.165, 1.54) is 6.92 Å². The van der Waals surface area contributed by atoms with Gasteiger partial charge < -0.3 is 20.3 Å². The summed E-state index contributed by atoms with van der Waals surface area (Å²) in [6.07, 6.45) is 8.68. The normalized spacial score (nSPS) is 20.0. The first-order valence-electron chi connectivity index (χ1n) is 12.4. The number of rotatable bonds is 2. The van der Waals surface area contributed by atoms with E-state index >= 15 is 0 Å². The molecule has 4 N–H and O–H groups in total. The monoisotopic (exact) mass is 521 g/mol. The second-order valence-electron chi connectivity index (χ2n) is 10.1. The van der Waals surface area contributed by atoms with Crippen molar-refractivity contribution in [2.24, 2.45) is 0 Å². The van der Waals surface area contributed by atoms with Gasteiger partial charge in [0.15, 0.2) is 17.3 Å². The minimum atomic E-state index is -1.60. The molecule has 39 heavy (non-hydrogen) atoms. The van der Waals surface area contributed by atoms with Gasteiger partial charge in [0.05, 0.1) is 27.5 Å². The Morgan fingerprint density at radius 2 is 1.67 bits per heavy atom. The van der Waals surface area contributed by atoms with Crippen LogP contribution in [0.2, 0.25) is 0 Å². The van der Waals surface area contributed by atoms with Gasteiger partial charge in [-0.05, 0) is 61.4 Å². The summed E-state index contributed by atoms with van der Waals surface area (Å²) in [7, 11) is 0. The third-order valence-electron chi connectivity index (χ3n) is 8.04. The van der Waals surface area contributed by atoms with Gasteiger partial charge in [0.2, 0.25) is 0 Å². The Hall–Kier alpha value is -4.98. The Kier molecular flexibility index (Phi) is 5.00. The van der Waals surface area contributed by atoms with Gasteiger partial charge in [-0.3, -0.25) is 19.2 Å². The molecule has 0 saturated heterocycles. The lowest BCUT2D eigenvalue weighted by Gasteiger charge is -2.26. The van der Waals surface area contributed by atoms with Crippen LogP contribution in [0.5, 0.6) is 17.2 Å². The first-order valence-corrected chi connectivity index (χ1v) is 12.4. The Morgan fingerprint density at radius 1 is 0.949 bits per heavy atom. The van der Waals surface area contributed by atoms with Crippen molar-refractivity contribution >= 4 is 39.8 Å². The number of pyridine rings is 1. The van der Waals surface area contributed by atoms with Gasteiger partial charge in [-0.15, -0.1) is 0 Å². The highest BCUT2D eigenvalue weighted by atomic mass is 16.3. The molecule has 1 atom stereocenters. The van der Waals surface area contributed by atoms with Crippen molar-refractivity contribution in [2.75, 3.05) is 0 Å². The summed E-state index contributed by atoms with van der Waals surface area (Å²) < 4.78 is 0. The number of carbonyl (C=O) groups excluding carboxylic acids is 3. The van der Waals surface area contributed by atoms with E-state index in [0.717, 1.165) is 6.08 Å². The average Bonchev–Trinajstić information content (AvgIpc) is 3.37. The van der Waals surface area contributed by atoms with Gasteiger partial charge in [-0.2, -0.15) is 0 Å². The highest BCUT2D eigenvalue weighted by molar-refractivity contribution is 6.31. The van der Waals surface area contributed by atoms with Crippen LogP contribution in [-0.2, 0) is 11.8 Å². The number of Topliss-reactive ketones (excluding diaryl/α,β-unsaturated/α-hetero) is 2. The highest BCUT2D eigenvalue weighted by Gasteiger charge is 2.58. The molecule has 0 saturated carbocycles. The lowest BCUT2D eigenvalue weighted by atomic mass is 9.74. The maximum Gasteiger partial charge on any atom is 0.260 e. The van der Waals surface area contributed by atoms with E-state index in [1.807, 2.05) is 19.1 Å². The number of aromatic nitrogens is 1. The van der Waals surface area contributed by atoms with Gasteiger partial charge in [0, 0.05) is 22.4 Å². The number of carbonyl (C=O) groups is 3. The van der Waals surface area contributed by atoms with Crippen LogP contribution in [0.3, 0.4) is 0 Å². The molecular formula is C31H23NO7. The van der Waals surface area contributed by atoms with Crippen LogP contribution in [-0.4, -0.2) is 37.7 Å². The standard InChI is InChI=1S/C31H23NO7/c1-4-5-6-7-17-12-16-11-15-8-9-31(24(15)28(37)20(16)30(39)32-17)14(3)19-23(29(31)38)27(36)21-18(33)10-13(2)25(34)22(21)26(19)35/h4-7,10-12,35-37H,3,8-9H2,1-2H3,(H,32,39)/b5-4+,7-6+. The first kappa shape index (κ1) is 24.4. The number of benzene rings is 2. The number of fused-ring (bicyclic) bond motifs is 5. The zero-order chi connectivity index (χ0) is 28.0. The van der Waals surface area contributed by atoms with E-state index in [4.69, 9.17) is 0 Å². The number of allylic oxidation sites excluding steroid dienone is 6. The number of hydrogen-bond donors (Lipinski definition) is 4. The molecule has 8 heteroatoms. The summed E-state index contributed by atoms with van der Waals surface area (Å²) in [5, 5.41) is 34.3. The molecule has 0 bridgehead atoms. The van der Waals surface area contributed by atoms with Crippen molar-refractivity contribution < 1.29 is 29.7 Å². The second-order valence-corrected chi connectivity index (χ2v) is 10.1. The Bertz CT molecular complexity index is 1900. The molecular weight excluding hydrogens is 498 g/mol. The first-order chi connectivity index (χ1) is 18.5.